The zero-order valence-corrected chi connectivity index (χ0v) is 22.6. The second-order valence-electron chi connectivity index (χ2n) is 11.3. The van der Waals surface area contributed by atoms with Gasteiger partial charge in [0, 0.05) is 62.3 Å². The van der Waals surface area contributed by atoms with Crippen LogP contribution in [-0.2, 0) is 4.79 Å². The number of aromatic amines is 2. The Morgan fingerprint density at radius 3 is 2.62 bits per heavy atom. The molecule has 6 rings (SSSR count). The lowest BCUT2D eigenvalue weighted by Gasteiger charge is -2.33. The standard InChI is InChI=1S/C28H32N10O/c1-28(2,3)13-22(39)32-19-11-17(14-29-16-19)18-12-20-23(35-36-25(20)31-15-18)27-33-24-21(5-6-30-26(24)34-27)38-9-7-37(4)8-10-38/h5-6,11-12,14-16H,7-10,13H2,1-4H3,(H,32,39)(H,30,33,34)(H,31,35,36). The number of nitrogens with one attached hydrogen (secondary N) is 3. The first-order valence-corrected chi connectivity index (χ1v) is 13.1. The van der Waals surface area contributed by atoms with E-state index in [9.17, 15) is 4.79 Å². The van der Waals surface area contributed by atoms with Gasteiger partial charge in [-0.3, -0.25) is 14.9 Å². The quantitative estimate of drug-likeness (QED) is 0.313. The molecule has 1 fully saturated rings. The average molecular weight is 525 g/mol. The molecule has 0 unspecified atom stereocenters. The maximum Gasteiger partial charge on any atom is 0.224 e. The van der Waals surface area contributed by atoms with E-state index >= 15 is 0 Å². The molecular formula is C28H32N10O. The number of imidazole rings is 1. The Morgan fingerprint density at radius 1 is 1.03 bits per heavy atom. The molecule has 1 aliphatic rings. The van der Waals surface area contributed by atoms with E-state index in [2.05, 4.69) is 52.3 Å². The summed E-state index contributed by atoms with van der Waals surface area (Å²) in [6.45, 7) is 10.0. The lowest BCUT2D eigenvalue weighted by atomic mass is 9.92. The first kappa shape index (κ1) is 24.9. The van der Waals surface area contributed by atoms with Gasteiger partial charge in [0.2, 0.25) is 5.91 Å². The minimum absolute atomic E-state index is 0.0402. The molecule has 0 radical (unpaired) electrons. The van der Waals surface area contributed by atoms with Crippen molar-refractivity contribution < 1.29 is 4.79 Å². The molecule has 5 aromatic heterocycles. The maximum absolute atomic E-state index is 12.4. The molecule has 0 spiro atoms. The highest BCUT2D eigenvalue weighted by Crippen LogP contribution is 2.32. The summed E-state index contributed by atoms with van der Waals surface area (Å²) in [7, 11) is 2.15. The first-order valence-electron chi connectivity index (χ1n) is 13.1. The Bertz CT molecular complexity index is 1660. The summed E-state index contributed by atoms with van der Waals surface area (Å²) in [5, 5.41) is 11.3. The van der Waals surface area contributed by atoms with Crippen molar-refractivity contribution in [2.45, 2.75) is 27.2 Å². The molecule has 0 saturated carbocycles. The molecule has 11 heteroatoms. The highest BCUT2D eigenvalue weighted by atomic mass is 16.1. The fraction of sp³-hybridized carbons (Fsp3) is 0.357. The van der Waals surface area contributed by atoms with Gasteiger partial charge in [-0.1, -0.05) is 20.8 Å². The number of pyridine rings is 3. The van der Waals surface area contributed by atoms with Crippen LogP contribution in [0.3, 0.4) is 0 Å². The van der Waals surface area contributed by atoms with Gasteiger partial charge < -0.3 is 20.1 Å². The summed E-state index contributed by atoms with van der Waals surface area (Å²) in [6.07, 6.45) is 7.42. The largest absolute Gasteiger partial charge is 0.367 e. The van der Waals surface area contributed by atoms with Crippen molar-refractivity contribution in [3.8, 4) is 22.6 Å². The van der Waals surface area contributed by atoms with Crippen molar-refractivity contribution in [3.05, 3.63) is 43.0 Å². The number of nitrogens with zero attached hydrogens (tertiary/aromatic N) is 7. The zero-order chi connectivity index (χ0) is 27.1. The lowest BCUT2D eigenvalue weighted by Crippen LogP contribution is -2.44. The molecule has 200 valence electrons. The maximum atomic E-state index is 12.4. The third-order valence-electron chi connectivity index (χ3n) is 6.89. The molecule has 0 bridgehead atoms. The smallest absolute Gasteiger partial charge is 0.224 e. The van der Waals surface area contributed by atoms with Crippen molar-refractivity contribution in [2.24, 2.45) is 5.41 Å². The van der Waals surface area contributed by atoms with E-state index < -0.39 is 0 Å². The van der Waals surface area contributed by atoms with Crippen LogP contribution >= 0.6 is 0 Å². The summed E-state index contributed by atoms with van der Waals surface area (Å²) in [5.41, 5.74) is 6.21. The molecule has 1 amide bonds. The fourth-order valence-electron chi connectivity index (χ4n) is 4.91. The van der Waals surface area contributed by atoms with Gasteiger partial charge in [0.25, 0.3) is 0 Å². The van der Waals surface area contributed by atoms with Crippen molar-refractivity contribution >= 4 is 39.5 Å². The van der Waals surface area contributed by atoms with E-state index in [4.69, 9.17) is 4.98 Å². The fourth-order valence-corrected chi connectivity index (χ4v) is 4.91. The number of piperazine rings is 1. The molecule has 3 N–H and O–H groups in total. The molecule has 1 saturated heterocycles. The van der Waals surface area contributed by atoms with Crippen LogP contribution in [0.25, 0.3) is 44.8 Å². The van der Waals surface area contributed by atoms with Gasteiger partial charge in [0.05, 0.1) is 23.0 Å². The van der Waals surface area contributed by atoms with Crippen molar-refractivity contribution in [3.63, 3.8) is 0 Å². The molecule has 11 nitrogen and oxygen atoms in total. The number of rotatable bonds is 5. The van der Waals surface area contributed by atoms with E-state index in [-0.39, 0.29) is 11.3 Å². The monoisotopic (exact) mass is 524 g/mol. The number of fused-ring (bicyclic) bond motifs is 2. The zero-order valence-electron chi connectivity index (χ0n) is 22.6. The number of amides is 1. The number of hydrogen-bond donors (Lipinski definition) is 3. The Morgan fingerprint density at radius 2 is 1.82 bits per heavy atom. The first-order chi connectivity index (χ1) is 18.7. The minimum atomic E-state index is -0.0980. The summed E-state index contributed by atoms with van der Waals surface area (Å²) >= 11 is 0. The van der Waals surface area contributed by atoms with E-state index in [1.54, 1.807) is 18.6 Å². The van der Waals surface area contributed by atoms with E-state index in [0.29, 0.717) is 29.3 Å². The SMILES string of the molecule is CN1CCN(c2ccnc3[nH]c(-c4n[nH]c5ncc(-c6cncc(NC(=O)CC(C)(C)C)c6)cc45)nc23)CC1. The second kappa shape index (κ2) is 9.73. The normalized spacial score (nSPS) is 14.8. The molecule has 39 heavy (non-hydrogen) atoms. The number of aromatic nitrogens is 7. The molecule has 0 aromatic carbocycles. The number of hydrogen-bond acceptors (Lipinski definition) is 8. The van der Waals surface area contributed by atoms with Crippen LogP contribution in [0.15, 0.2) is 43.0 Å². The van der Waals surface area contributed by atoms with Crippen LogP contribution in [0, 0.1) is 5.41 Å². The van der Waals surface area contributed by atoms with Gasteiger partial charge in [-0.25, -0.2) is 15.0 Å². The highest BCUT2D eigenvalue weighted by Gasteiger charge is 2.21. The molecule has 0 atom stereocenters. The molecule has 0 aliphatic carbocycles. The van der Waals surface area contributed by atoms with Crippen molar-refractivity contribution in [2.75, 3.05) is 43.4 Å². The predicted octanol–water partition coefficient (Wildman–Crippen LogP) is 4.08. The predicted molar refractivity (Wildman–Crippen MR) is 152 cm³/mol. The van der Waals surface area contributed by atoms with E-state index in [1.807, 2.05) is 45.2 Å². The Hall–Kier alpha value is -4.38. The molecular weight excluding hydrogens is 492 g/mol. The van der Waals surface area contributed by atoms with Crippen LogP contribution in [0.4, 0.5) is 11.4 Å². The molecule has 5 aromatic rings. The van der Waals surface area contributed by atoms with E-state index in [0.717, 1.165) is 59.5 Å². The third-order valence-corrected chi connectivity index (χ3v) is 6.89. The Labute approximate surface area is 226 Å². The summed E-state index contributed by atoms with van der Waals surface area (Å²) < 4.78 is 0. The van der Waals surface area contributed by atoms with Crippen molar-refractivity contribution in [1.82, 2.24) is 40.0 Å². The summed E-state index contributed by atoms with van der Waals surface area (Å²) in [4.78, 5) is 38.9. The van der Waals surface area contributed by atoms with Gasteiger partial charge in [-0.2, -0.15) is 5.10 Å². The highest BCUT2D eigenvalue weighted by molar-refractivity contribution is 5.96. The second-order valence-corrected chi connectivity index (χ2v) is 11.3. The summed E-state index contributed by atoms with van der Waals surface area (Å²) in [5.74, 6) is 0.590. The number of carbonyl (C=O) groups excluding carboxylic acids is 1. The number of anilines is 2. The summed E-state index contributed by atoms with van der Waals surface area (Å²) in [6, 6.07) is 5.95. The van der Waals surface area contributed by atoms with Crippen LogP contribution in [0.2, 0.25) is 0 Å². The van der Waals surface area contributed by atoms with Gasteiger partial charge in [0.1, 0.15) is 11.2 Å². The van der Waals surface area contributed by atoms with E-state index in [1.165, 1.54) is 0 Å². The van der Waals surface area contributed by atoms with Crippen LogP contribution in [-0.4, -0.2) is 79.2 Å². The number of H-pyrrole nitrogens is 2. The number of carbonyl (C=O) groups is 1. The lowest BCUT2D eigenvalue weighted by molar-refractivity contribution is -0.117. The van der Waals surface area contributed by atoms with Gasteiger partial charge in [-0.05, 0) is 30.7 Å². The topological polar surface area (TPSA) is 132 Å². The number of likely N-dealkylation sites (N-methyl/N-ethyl adjacent to an activating group) is 1. The van der Waals surface area contributed by atoms with Crippen LogP contribution in [0.5, 0.6) is 0 Å². The van der Waals surface area contributed by atoms with Gasteiger partial charge >= 0.3 is 0 Å². The van der Waals surface area contributed by atoms with Crippen LogP contribution in [0.1, 0.15) is 27.2 Å². The van der Waals surface area contributed by atoms with Gasteiger partial charge in [-0.15, -0.1) is 0 Å². The Balaban J connectivity index is 1.32. The van der Waals surface area contributed by atoms with Crippen molar-refractivity contribution in [1.29, 1.82) is 0 Å². The van der Waals surface area contributed by atoms with Gasteiger partial charge in [0.15, 0.2) is 17.1 Å². The van der Waals surface area contributed by atoms with Crippen LogP contribution < -0.4 is 10.2 Å². The average Bonchev–Trinajstić information content (AvgIpc) is 3.52. The third kappa shape index (κ3) is 5.17. The Kier molecular flexibility index (Phi) is 6.22. The molecule has 6 heterocycles. The molecule has 1 aliphatic heterocycles. The minimum Gasteiger partial charge on any atom is -0.367 e.